The first-order valence-corrected chi connectivity index (χ1v) is 13.0. The highest BCUT2D eigenvalue weighted by atomic mass is 16.5. The van der Waals surface area contributed by atoms with Gasteiger partial charge >= 0.3 is 0 Å². The zero-order valence-corrected chi connectivity index (χ0v) is 22.8. The number of carbonyl (C=O) groups is 1. The number of ether oxygens (including phenoxy) is 4. The van der Waals surface area contributed by atoms with Crippen molar-refractivity contribution in [1.29, 1.82) is 5.26 Å². The highest BCUT2D eigenvalue weighted by molar-refractivity contribution is 5.79. The first kappa shape index (κ1) is 28.0. The molecule has 1 amide bonds. The van der Waals surface area contributed by atoms with Gasteiger partial charge in [-0.2, -0.15) is 5.26 Å². The number of nitrogens with zero attached hydrogens (tertiary/aromatic N) is 3. The van der Waals surface area contributed by atoms with E-state index < -0.39 is 0 Å². The predicted octanol–water partition coefficient (Wildman–Crippen LogP) is 4.23. The molecule has 3 aromatic rings. The van der Waals surface area contributed by atoms with Gasteiger partial charge in [0.1, 0.15) is 5.75 Å². The van der Waals surface area contributed by atoms with Gasteiger partial charge in [-0.05, 0) is 53.1 Å². The van der Waals surface area contributed by atoms with Gasteiger partial charge < -0.3 is 23.8 Å². The molecule has 0 aromatic heterocycles. The van der Waals surface area contributed by atoms with Crippen LogP contribution in [0.15, 0.2) is 66.7 Å². The highest BCUT2D eigenvalue weighted by Crippen LogP contribution is 2.28. The van der Waals surface area contributed by atoms with Crippen LogP contribution in [0.1, 0.15) is 28.4 Å². The SMILES string of the molecule is COc1cccc(C(CN2CCN(C(=O)Cc3ccc(OC)c(OC)c3)CC2)OCc2ccc(C#N)cc2)c1. The number of rotatable bonds is 11. The molecule has 0 saturated carbocycles. The van der Waals surface area contributed by atoms with E-state index in [0.717, 1.165) is 35.5 Å². The Bertz CT molecular complexity index is 1280. The fourth-order valence-corrected chi connectivity index (χ4v) is 4.66. The molecule has 1 atom stereocenters. The molecule has 1 aliphatic heterocycles. The molecule has 8 heteroatoms. The zero-order valence-electron chi connectivity index (χ0n) is 22.8. The molecular formula is C31H35N3O5. The molecule has 204 valence electrons. The summed E-state index contributed by atoms with van der Waals surface area (Å²) in [5.41, 5.74) is 3.57. The minimum atomic E-state index is -0.176. The summed E-state index contributed by atoms with van der Waals surface area (Å²) in [5, 5.41) is 9.06. The smallest absolute Gasteiger partial charge is 0.227 e. The molecule has 4 rings (SSSR count). The lowest BCUT2D eigenvalue weighted by molar-refractivity contribution is -0.132. The van der Waals surface area contributed by atoms with E-state index in [1.807, 2.05) is 53.4 Å². The van der Waals surface area contributed by atoms with Crippen LogP contribution in [0.5, 0.6) is 17.2 Å². The normalized spacial score (nSPS) is 14.4. The van der Waals surface area contributed by atoms with E-state index in [2.05, 4.69) is 17.0 Å². The van der Waals surface area contributed by atoms with Crippen LogP contribution in [-0.2, 0) is 22.6 Å². The molecule has 0 aliphatic carbocycles. The van der Waals surface area contributed by atoms with E-state index in [4.69, 9.17) is 24.2 Å². The Balaban J connectivity index is 1.36. The van der Waals surface area contributed by atoms with Gasteiger partial charge in [-0.1, -0.05) is 30.3 Å². The van der Waals surface area contributed by atoms with Crippen molar-refractivity contribution in [2.75, 3.05) is 54.1 Å². The minimum absolute atomic E-state index is 0.100. The number of benzene rings is 3. The van der Waals surface area contributed by atoms with Gasteiger partial charge in [-0.3, -0.25) is 9.69 Å². The van der Waals surface area contributed by atoms with Crippen LogP contribution in [0, 0.1) is 11.3 Å². The second kappa shape index (κ2) is 13.7. The van der Waals surface area contributed by atoms with Crippen LogP contribution >= 0.6 is 0 Å². The molecule has 1 unspecified atom stereocenters. The van der Waals surface area contributed by atoms with Crippen molar-refractivity contribution in [2.24, 2.45) is 0 Å². The summed E-state index contributed by atoms with van der Waals surface area (Å²) in [6.07, 6.45) is 0.144. The number of hydrogen-bond acceptors (Lipinski definition) is 7. The Labute approximate surface area is 230 Å². The topological polar surface area (TPSA) is 84.3 Å². The van der Waals surface area contributed by atoms with Gasteiger partial charge in [0.15, 0.2) is 11.5 Å². The standard InChI is InChI=1S/C31H35N3O5/c1-36-27-6-4-5-26(19-27)30(39-22-24-9-7-23(20-32)8-10-24)21-33-13-15-34(16-14-33)31(35)18-25-11-12-28(37-2)29(17-25)38-3/h4-12,17,19,30H,13-16,18,21-22H2,1-3H3. The summed E-state index contributed by atoms with van der Waals surface area (Å²) in [5.74, 6) is 2.15. The van der Waals surface area contributed by atoms with Crippen molar-refractivity contribution in [3.63, 3.8) is 0 Å². The van der Waals surface area contributed by atoms with Crippen molar-refractivity contribution < 1.29 is 23.7 Å². The lowest BCUT2D eigenvalue weighted by Gasteiger charge is -2.36. The summed E-state index contributed by atoms with van der Waals surface area (Å²) >= 11 is 0. The van der Waals surface area contributed by atoms with E-state index in [1.165, 1.54) is 0 Å². The number of methoxy groups -OCH3 is 3. The van der Waals surface area contributed by atoms with E-state index in [9.17, 15) is 4.79 Å². The maximum absolute atomic E-state index is 13.0. The third-order valence-corrected chi connectivity index (χ3v) is 6.95. The van der Waals surface area contributed by atoms with Gasteiger partial charge in [0.05, 0.1) is 52.1 Å². The molecule has 0 bridgehead atoms. The van der Waals surface area contributed by atoms with Gasteiger partial charge in [-0.15, -0.1) is 0 Å². The Kier molecular flexibility index (Phi) is 9.79. The van der Waals surface area contributed by atoms with E-state index in [1.54, 1.807) is 33.5 Å². The van der Waals surface area contributed by atoms with Gasteiger partial charge in [0.2, 0.25) is 5.91 Å². The van der Waals surface area contributed by atoms with E-state index in [-0.39, 0.29) is 12.0 Å². The molecule has 0 radical (unpaired) electrons. The minimum Gasteiger partial charge on any atom is -0.497 e. The second-order valence-electron chi connectivity index (χ2n) is 9.43. The largest absolute Gasteiger partial charge is 0.497 e. The van der Waals surface area contributed by atoms with Gasteiger partial charge in [0, 0.05) is 32.7 Å². The van der Waals surface area contributed by atoms with E-state index >= 15 is 0 Å². The maximum Gasteiger partial charge on any atom is 0.227 e. The van der Waals surface area contributed by atoms with Crippen molar-refractivity contribution >= 4 is 5.91 Å². The van der Waals surface area contributed by atoms with Crippen molar-refractivity contribution in [3.8, 4) is 23.3 Å². The number of carbonyl (C=O) groups excluding carboxylic acids is 1. The lowest BCUT2D eigenvalue weighted by atomic mass is 10.1. The summed E-state index contributed by atoms with van der Waals surface area (Å²) in [6, 6.07) is 23.1. The fourth-order valence-electron chi connectivity index (χ4n) is 4.66. The molecule has 1 fully saturated rings. The maximum atomic E-state index is 13.0. The number of nitriles is 1. The molecule has 3 aromatic carbocycles. The van der Waals surface area contributed by atoms with Crippen molar-refractivity contribution in [1.82, 2.24) is 9.80 Å². The summed E-state index contributed by atoms with van der Waals surface area (Å²) < 4.78 is 22.5. The highest BCUT2D eigenvalue weighted by Gasteiger charge is 2.25. The molecule has 8 nitrogen and oxygen atoms in total. The Morgan fingerprint density at radius 1 is 0.872 bits per heavy atom. The number of piperazine rings is 1. The van der Waals surface area contributed by atoms with E-state index in [0.29, 0.717) is 49.7 Å². The molecule has 39 heavy (non-hydrogen) atoms. The second-order valence-corrected chi connectivity index (χ2v) is 9.43. The molecule has 1 heterocycles. The number of hydrogen-bond donors (Lipinski definition) is 0. The van der Waals surface area contributed by atoms with Crippen LogP contribution in [0.25, 0.3) is 0 Å². The average molecular weight is 530 g/mol. The summed E-state index contributed by atoms with van der Waals surface area (Å²) in [7, 11) is 4.85. The third kappa shape index (κ3) is 7.50. The first-order chi connectivity index (χ1) is 19.0. The van der Waals surface area contributed by atoms with Crippen molar-refractivity contribution in [3.05, 3.63) is 89.0 Å². The molecule has 0 spiro atoms. The monoisotopic (exact) mass is 529 g/mol. The Morgan fingerprint density at radius 3 is 2.26 bits per heavy atom. The quantitative estimate of drug-likeness (QED) is 0.368. The van der Waals surface area contributed by atoms with Crippen LogP contribution in [0.2, 0.25) is 0 Å². The average Bonchev–Trinajstić information content (AvgIpc) is 2.99. The van der Waals surface area contributed by atoms with Crippen molar-refractivity contribution in [2.45, 2.75) is 19.1 Å². The molecule has 1 aliphatic rings. The summed E-state index contributed by atoms with van der Waals surface area (Å²) in [4.78, 5) is 17.3. The Morgan fingerprint density at radius 2 is 1.59 bits per heavy atom. The lowest BCUT2D eigenvalue weighted by Crippen LogP contribution is -2.50. The predicted molar refractivity (Wildman–Crippen MR) is 148 cm³/mol. The van der Waals surface area contributed by atoms with Gasteiger partial charge in [-0.25, -0.2) is 0 Å². The third-order valence-electron chi connectivity index (χ3n) is 6.95. The zero-order chi connectivity index (χ0) is 27.6. The fraction of sp³-hybridized carbons (Fsp3) is 0.355. The number of amides is 1. The first-order valence-electron chi connectivity index (χ1n) is 13.0. The molecule has 0 N–H and O–H groups in total. The van der Waals surface area contributed by atoms with Crippen LogP contribution in [0.4, 0.5) is 0 Å². The van der Waals surface area contributed by atoms with Gasteiger partial charge in [0.25, 0.3) is 0 Å². The Hall–Kier alpha value is -4.06. The van der Waals surface area contributed by atoms with Crippen LogP contribution < -0.4 is 14.2 Å². The summed E-state index contributed by atoms with van der Waals surface area (Å²) in [6.45, 7) is 3.97. The van der Waals surface area contributed by atoms with Crippen LogP contribution in [0.3, 0.4) is 0 Å². The molecular weight excluding hydrogens is 494 g/mol. The molecule has 1 saturated heterocycles. The van der Waals surface area contributed by atoms with Crippen LogP contribution in [-0.4, -0.2) is 69.8 Å².